The molecule has 0 aliphatic carbocycles. The summed E-state index contributed by atoms with van der Waals surface area (Å²) in [4.78, 5) is 11.7. The van der Waals surface area contributed by atoms with E-state index in [1.807, 2.05) is 0 Å². The number of carbonyl (C=O) groups is 1. The van der Waals surface area contributed by atoms with Crippen LogP contribution in [0.2, 0.25) is 5.02 Å². The molecule has 6 heteroatoms. The number of phenolic OH excluding ortho intramolecular Hbond substituents is 1. The van der Waals surface area contributed by atoms with Crippen LogP contribution in [0.3, 0.4) is 0 Å². The van der Waals surface area contributed by atoms with Crippen molar-refractivity contribution in [3.05, 3.63) is 64.4 Å². The van der Waals surface area contributed by atoms with Crippen LogP contribution in [0, 0.1) is 5.82 Å². The Morgan fingerprint density at radius 3 is 2.60 bits per heavy atom. The van der Waals surface area contributed by atoms with E-state index in [4.69, 9.17) is 11.6 Å². The summed E-state index contributed by atoms with van der Waals surface area (Å²) < 4.78 is 12.7. The van der Waals surface area contributed by atoms with Crippen molar-refractivity contribution in [3.63, 3.8) is 0 Å². The Hall–Kier alpha value is -2.40. The van der Waals surface area contributed by atoms with Crippen molar-refractivity contribution >= 4 is 23.7 Å². The fourth-order valence-electron chi connectivity index (χ4n) is 1.47. The number of rotatable bonds is 3. The molecule has 0 saturated heterocycles. The summed E-state index contributed by atoms with van der Waals surface area (Å²) in [5.41, 5.74) is 2.83. The van der Waals surface area contributed by atoms with Crippen LogP contribution in [0.15, 0.2) is 47.6 Å². The number of hydrogen-bond acceptors (Lipinski definition) is 3. The first-order chi connectivity index (χ1) is 9.58. The third-order valence-corrected chi connectivity index (χ3v) is 2.83. The monoisotopic (exact) mass is 292 g/mol. The highest BCUT2D eigenvalue weighted by molar-refractivity contribution is 6.33. The zero-order valence-corrected chi connectivity index (χ0v) is 10.9. The van der Waals surface area contributed by atoms with Gasteiger partial charge in [0.15, 0.2) is 0 Å². The Morgan fingerprint density at radius 2 is 1.95 bits per heavy atom. The van der Waals surface area contributed by atoms with E-state index < -0.39 is 11.7 Å². The van der Waals surface area contributed by atoms with Crippen molar-refractivity contribution in [2.75, 3.05) is 0 Å². The van der Waals surface area contributed by atoms with Gasteiger partial charge in [0.1, 0.15) is 11.6 Å². The molecule has 4 nitrogen and oxygen atoms in total. The molecule has 0 spiro atoms. The summed E-state index contributed by atoms with van der Waals surface area (Å²) in [6.07, 6.45) is 1.24. The van der Waals surface area contributed by atoms with Crippen LogP contribution in [-0.4, -0.2) is 17.2 Å². The fraction of sp³-hybridized carbons (Fsp3) is 0. The number of benzene rings is 2. The Morgan fingerprint density at radius 1 is 1.25 bits per heavy atom. The van der Waals surface area contributed by atoms with Gasteiger partial charge in [-0.15, -0.1) is 0 Å². The van der Waals surface area contributed by atoms with Gasteiger partial charge in [0, 0.05) is 5.56 Å². The van der Waals surface area contributed by atoms with Crippen LogP contribution >= 0.6 is 11.6 Å². The van der Waals surface area contributed by atoms with Crippen LogP contribution < -0.4 is 5.43 Å². The molecule has 20 heavy (non-hydrogen) atoms. The number of phenols is 1. The van der Waals surface area contributed by atoms with Crippen molar-refractivity contribution in [1.82, 2.24) is 5.43 Å². The second-order valence-corrected chi connectivity index (χ2v) is 4.29. The zero-order chi connectivity index (χ0) is 14.5. The minimum absolute atomic E-state index is 0.0442. The van der Waals surface area contributed by atoms with E-state index in [0.29, 0.717) is 10.6 Å². The highest BCUT2D eigenvalue weighted by Gasteiger charge is 2.05. The van der Waals surface area contributed by atoms with Gasteiger partial charge in [0.25, 0.3) is 5.91 Å². The predicted molar refractivity (Wildman–Crippen MR) is 74.6 cm³/mol. The first-order valence-corrected chi connectivity index (χ1v) is 6.02. The van der Waals surface area contributed by atoms with Crippen molar-refractivity contribution in [2.24, 2.45) is 5.10 Å². The van der Waals surface area contributed by atoms with Crippen molar-refractivity contribution in [1.29, 1.82) is 0 Å². The molecule has 2 rings (SSSR count). The minimum atomic E-state index is -0.493. The summed E-state index contributed by atoms with van der Waals surface area (Å²) in [7, 11) is 0. The maximum Gasteiger partial charge on any atom is 0.271 e. The molecule has 1 amide bonds. The standard InChI is InChI=1S/C14H10ClFN2O2/c15-12-2-1-3-13(19)11(12)8-17-18-14(20)9-4-6-10(16)7-5-9/h1-8,19H,(H,18,20)/b17-8-. The number of hydrazone groups is 1. The molecule has 2 N–H and O–H groups in total. The van der Waals surface area contributed by atoms with Crippen LogP contribution in [0.1, 0.15) is 15.9 Å². The molecule has 0 aliphatic heterocycles. The molecule has 0 atom stereocenters. The van der Waals surface area contributed by atoms with Gasteiger partial charge < -0.3 is 5.11 Å². The molecule has 2 aromatic carbocycles. The highest BCUT2D eigenvalue weighted by Crippen LogP contribution is 2.22. The van der Waals surface area contributed by atoms with Crippen LogP contribution in [0.5, 0.6) is 5.75 Å². The van der Waals surface area contributed by atoms with Crippen molar-refractivity contribution in [3.8, 4) is 5.75 Å². The third-order valence-electron chi connectivity index (χ3n) is 2.50. The molecule has 0 heterocycles. The summed E-state index contributed by atoms with van der Waals surface area (Å²) in [5, 5.41) is 13.6. The minimum Gasteiger partial charge on any atom is -0.507 e. The van der Waals surface area contributed by atoms with E-state index in [0.717, 1.165) is 0 Å². The number of halogens is 2. The normalized spacial score (nSPS) is 10.7. The van der Waals surface area contributed by atoms with Crippen molar-refractivity contribution < 1.29 is 14.3 Å². The van der Waals surface area contributed by atoms with Gasteiger partial charge in [0.2, 0.25) is 0 Å². The number of aromatic hydroxyl groups is 1. The summed E-state index contributed by atoms with van der Waals surface area (Å²) in [5.74, 6) is -0.962. The van der Waals surface area contributed by atoms with E-state index in [1.165, 1.54) is 36.5 Å². The number of nitrogens with one attached hydrogen (secondary N) is 1. The summed E-state index contributed by atoms with van der Waals surface area (Å²) in [6, 6.07) is 9.67. The fourth-order valence-corrected chi connectivity index (χ4v) is 1.69. The lowest BCUT2D eigenvalue weighted by Crippen LogP contribution is -2.17. The second-order valence-electron chi connectivity index (χ2n) is 3.88. The molecule has 0 aromatic heterocycles. The van der Waals surface area contributed by atoms with Gasteiger partial charge in [0.05, 0.1) is 16.8 Å². The van der Waals surface area contributed by atoms with Crippen LogP contribution in [0.25, 0.3) is 0 Å². The van der Waals surface area contributed by atoms with Crippen LogP contribution in [-0.2, 0) is 0 Å². The second kappa shape index (κ2) is 6.16. The smallest absolute Gasteiger partial charge is 0.271 e. The number of nitrogens with zero attached hydrogens (tertiary/aromatic N) is 1. The van der Waals surface area contributed by atoms with E-state index in [9.17, 15) is 14.3 Å². The van der Waals surface area contributed by atoms with E-state index in [-0.39, 0.29) is 11.3 Å². The first-order valence-electron chi connectivity index (χ1n) is 5.64. The maximum absolute atomic E-state index is 12.7. The van der Waals surface area contributed by atoms with Gasteiger partial charge in [-0.1, -0.05) is 17.7 Å². The van der Waals surface area contributed by atoms with Gasteiger partial charge in [-0.25, -0.2) is 9.82 Å². The van der Waals surface area contributed by atoms with Crippen LogP contribution in [0.4, 0.5) is 4.39 Å². The topological polar surface area (TPSA) is 61.7 Å². The molecular weight excluding hydrogens is 283 g/mol. The first kappa shape index (κ1) is 14.0. The molecular formula is C14H10ClFN2O2. The van der Waals surface area contributed by atoms with Gasteiger partial charge >= 0.3 is 0 Å². The Bertz CT molecular complexity index is 636. The Labute approximate surface area is 119 Å². The zero-order valence-electron chi connectivity index (χ0n) is 10.2. The molecule has 2 aromatic rings. The van der Waals surface area contributed by atoms with Gasteiger partial charge in [-0.3, -0.25) is 4.79 Å². The summed E-state index contributed by atoms with van der Waals surface area (Å²) >= 11 is 5.87. The highest BCUT2D eigenvalue weighted by atomic mass is 35.5. The largest absolute Gasteiger partial charge is 0.507 e. The average molecular weight is 293 g/mol. The average Bonchev–Trinajstić information content (AvgIpc) is 2.42. The Balaban J connectivity index is 2.06. The number of amides is 1. The molecule has 0 aliphatic rings. The molecule has 0 saturated carbocycles. The molecule has 102 valence electrons. The quantitative estimate of drug-likeness (QED) is 0.675. The van der Waals surface area contributed by atoms with Gasteiger partial charge in [-0.05, 0) is 36.4 Å². The van der Waals surface area contributed by atoms with E-state index >= 15 is 0 Å². The van der Waals surface area contributed by atoms with Crippen molar-refractivity contribution in [2.45, 2.75) is 0 Å². The van der Waals surface area contributed by atoms with E-state index in [1.54, 1.807) is 12.1 Å². The third kappa shape index (κ3) is 3.33. The summed E-state index contributed by atoms with van der Waals surface area (Å²) in [6.45, 7) is 0. The molecule has 0 radical (unpaired) electrons. The molecule has 0 unspecified atom stereocenters. The molecule has 0 bridgehead atoms. The lowest BCUT2D eigenvalue weighted by Gasteiger charge is -2.02. The van der Waals surface area contributed by atoms with Gasteiger partial charge in [-0.2, -0.15) is 5.10 Å². The maximum atomic E-state index is 12.7. The molecule has 0 fully saturated rings. The lowest BCUT2D eigenvalue weighted by molar-refractivity contribution is 0.0955. The Kier molecular flexibility index (Phi) is 4.32. The van der Waals surface area contributed by atoms with E-state index in [2.05, 4.69) is 10.5 Å². The number of hydrogen-bond donors (Lipinski definition) is 2. The predicted octanol–water partition coefficient (Wildman–Crippen LogP) is 2.95. The SMILES string of the molecule is O=C(N/N=C\c1c(O)cccc1Cl)c1ccc(F)cc1. The lowest BCUT2D eigenvalue weighted by atomic mass is 10.2. The number of carbonyl (C=O) groups excluding carboxylic acids is 1.